The van der Waals surface area contributed by atoms with Crippen molar-refractivity contribution < 1.29 is 9.59 Å². The fourth-order valence-corrected chi connectivity index (χ4v) is 2.85. The second-order valence-electron chi connectivity index (χ2n) is 5.99. The molecule has 0 spiro atoms. The van der Waals surface area contributed by atoms with Crippen LogP contribution in [0.1, 0.15) is 24.0 Å². The van der Waals surface area contributed by atoms with Gasteiger partial charge in [0.25, 0.3) is 0 Å². The highest BCUT2D eigenvalue weighted by Crippen LogP contribution is 2.27. The van der Waals surface area contributed by atoms with Crippen LogP contribution in [-0.4, -0.2) is 35.8 Å². The smallest absolute Gasteiger partial charge is 0.240 e. The largest absolute Gasteiger partial charge is 0.368 e. The van der Waals surface area contributed by atoms with E-state index in [4.69, 9.17) is 5.73 Å². The number of fused-ring (bicyclic) bond motifs is 1. The minimum atomic E-state index is -0.532. The van der Waals surface area contributed by atoms with Crippen LogP contribution in [0.5, 0.6) is 0 Å². The van der Waals surface area contributed by atoms with Crippen molar-refractivity contribution >= 4 is 11.8 Å². The zero-order valence-corrected chi connectivity index (χ0v) is 12.0. The molecule has 1 atom stereocenters. The van der Waals surface area contributed by atoms with Crippen LogP contribution in [0.3, 0.4) is 0 Å². The van der Waals surface area contributed by atoms with Gasteiger partial charge in [-0.05, 0) is 36.4 Å². The third-order valence-corrected chi connectivity index (χ3v) is 4.30. The molecule has 1 aromatic rings. The summed E-state index contributed by atoms with van der Waals surface area (Å²) in [5.41, 5.74) is 7.70. The van der Waals surface area contributed by atoms with E-state index in [1.807, 2.05) is 24.3 Å². The van der Waals surface area contributed by atoms with Gasteiger partial charge in [0, 0.05) is 13.0 Å². The molecule has 1 fully saturated rings. The summed E-state index contributed by atoms with van der Waals surface area (Å²) in [7, 11) is 0. The van der Waals surface area contributed by atoms with Crippen LogP contribution >= 0.6 is 0 Å². The highest BCUT2D eigenvalue weighted by molar-refractivity contribution is 5.88. The average Bonchev–Trinajstić information content (AvgIpc) is 3.30. The van der Waals surface area contributed by atoms with Crippen molar-refractivity contribution in [1.29, 1.82) is 0 Å². The summed E-state index contributed by atoms with van der Waals surface area (Å²) < 4.78 is 0. The molecule has 0 saturated heterocycles. The van der Waals surface area contributed by atoms with Crippen molar-refractivity contribution in [1.82, 2.24) is 10.2 Å². The fourth-order valence-electron chi connectivity index (χ4n) is 2.85. The molecule has 1 aliphatic carbocycles. The van der Waals surface area contributed by atoms with Gasteiger partial charge in [-0.25, -0.2) is 0 Å². The highest BCUT2D eigenvalue weighted by Gasteiger charge is 2.33. The van der Waals surface area contributed by atoms with Crippen LogP contribution in [0.25, 0.3) is 0 Å². The first-order chi connectivity index (χ1) is 10.1. The normalized spacial score (nSPS) is 21.0. The Morgan fingerprint density at radius 3 is 2.62 bits per heavy atom. The number of nitrogens with one attached hydrogen (secondary N) is 1. The maximum absolute atomic E-state index is 12.4. The van der Waals surface area contributed by atoms with Crippen LogP contribution in [0.4, 0.5) is 0 Å². The molecule has 1 heterocycles. The van der Waals surface area contributed by atoms with Crippen LogP contribution in [0.2, 0.25) is 0 Å². The van der Waals surface area contributed by atoms with E-state index < -0.39 is 11.9 Å². The van der Waals surface area contributed by atoms with Gasteiger partial charge in [-0.15, -0.1) is 0 Å². The van der Waals surface area contributed by atoms with Gasteiger partial charge in [-0.2, -0.15) is 0 Å². The zero-order valence-electron chi connectivity index (χ0n) is 12.0. The number of hydrogen-bond donors (Lipinski definition) is 2. The van der Waals surface area contributed by atoms with E-state index in [0.29, 0.717) is 13.0 Å². The molecule has 0 radical (unpaired) electrons. The summed E-state index contributed by atoms with van der Waals surface area (Å²) in [6.07, 6.45) is 3.02. The number of carbonyl (C=O) groups excluding carboxylic acids is 2. The minimum absolute atomic E-state index is 0.0473. The van der Waals surface area contributed by atoms with Crippen molar-refractivity contribution in [3.8, 4) is 0 Å². The van der Waals surface area contributed by atoms with Crippen LogP contribution in [0.15, 0.2) is 24.3 Å². The highest BCUT2D eigenvalue weighted by atomic mass is 16.2. The molecule has 1 saturated carbocycles. The standard InChI is InChI=1S/C16H21N3O2/c17-16(21)14-7-12-3-1-2-4-13(12)10-19(14)15(20)9-18-8-11-5-6-11/h1-4,11,14,18H,5-10H2,(H2,17,21). The lowest BCUT2D eigenvalue weighted by Crippen LogP contribution is -2.53. The number of carbonyl (C=O) groups is 2. The van der Waals surface area contributed by atoms with Gasteiger partial charge in [0.15, 0.2) is 0 Å². The van der Waals surface area contributed by atoms with E-state index in [0.717, 1.165) is 23.6 Å². The number of rotatable bonds is 5. The molecule has 0 aromatic heterocycles. The fraction of sp³-hybridized carbons (Fsp3) is 0.500. The Kier molecular flexibility index (Phi) is 3.92. The van der Waals surface area contributed by atoms with Crippen LogP contribution < -0.4 is 11.1 Å². The maximum Gasteiger partial charge on any atom is 0.240 e. The average molecular weight is 287 g/mol. The Morgan fingerprint density at radius 1 is 1.24 bits per heavy atom. The third-order valence-electron chi connectivity index (χ3n) is 4.30. The van der Waals surface area contributed by atoms with Crippen molar-refractivity contribution in [3.63, 3.8) is 0 Å². The summed E-state index contributed by atoms with van der Waals surface area (Å²) in [4.78, 5) is 25.7. The van der Waals surface area contributed by atoms with Gasteiger partial charge in [0.2, 0.25) is 11.8 Å². The summed E-state index contributed by atoms with van der Waals surface area (Å²) in [6.45, 7) is 1.63. The lowest BCUT2D eigenvalue weighted by atomic mass is 9.93. The topological polar surface area (TPSA) is 75.4 Å². The number of primary amides is 1. The van der Waals surface area contributed by atoms with E-state index in [1.165, 1.54) is 12.8 Å². The van der Waals surface area contributed by atoms with Gasteiger partial charge in [0.1, 0.15) is 6.04 Å². The molecule has 5 heteroatoms. The molecule has 112 valence electrons. The summed E-state index contributed by atoms with van der Waals surface area (Å²) >= 11 is 0. The molecule has 0 bridgehead atoms. The predicted octanol–water partition coefficient (Wildman–Crippen LogP) is 0.425. The van der Waals surface area contributed by atoms with Gasteiger partial charge < -0.3 is 16.0 Å². The van der Waals surface area contributed by atoms with Crippen molar-refractivity contribution in [2.75, 3.05) is 13.1 Å². The van der Waals surface area contributed by atoms with E-state index in [2.05, 4.69) is 5.32 Å². The lowest BCUT2D eigenvalue weighted by molar-refractivity contribution is -0.139. The molecule has 5 nitrogen and oxygen atoms in total. The predicted molar refractivity (Wildman–Crippen MR) is 79.3 cm³/mol. The van der Waals surface area contributed by atoms with E-state index >= 15 is 0 Å². The first kappa shape index (κ1) is 14.1. The van der Waals surface area contributed by atoms with E-state index in [-0.39, 0.29) is 12.5 Å². The Balaban J connectivity index is 1.68. The van der Waals surface area contributed by atoms with Gasteiger partial charge in [-0.3, -0.25) is 9.59 Å². The summed E-state index contributed by atoms with van der Waals surface area (Å²) in [6, 6.07) is 7.38. The lowest BCUT2D eigenvalue weighted by Gasteiger charge is -2.35. The zero-order chi connectivity index (χ0) is 14.8. The van der Waals surface area contributed by atoms with Crippen LogP contribution in [0, 0.1) is 5.92 Å². The molecule has 1 aromatic carbocycles. The minimum Gasteiger partial charge on any atom is -0.368 e. The van der Waals surface area contributed by atoms with Crippen molar-refractivity contribution in [3.05, 3.63) is 35.4 Å². The Bertz CT molecular complexity index is 554. The number of nitrogens with two attached hydrogens (primary N) is 1. The Hall–Kier alpha value is -1.88. The van der Waals surface area contributed by atoms with E-state index in [1.54, 1.807) is 4.90 Å². The first-order valence-corrected chi connectivity index (χ1v) is 7.51. The molecule has 3 rings (SSSR count). The third kappa shape index (κ3) is 3.24. The second-order valence-corrected chi connectivity index (χ2v) is 5.99. The SMILES string of the molecule is NC(=O)C1Cc2ccccc2CN1C(=O)CNCC1CC1. The summed E-state index contributed by atoms with van der Waals surface area (Å²) in [5.74, 6) is 0.251. The van der Waals surface area contributed by atoms with Gasteiger partial charge in [0.05, 0.1) is 6.54 Å². The second kappa shape index (κ2) is 5.85. The number of nitrogens with zero attached hydrogens (tertiary/aromatic N) is 1. The molecule has 2 amide bonds. The summed E-state index contributed by atoms with van der Waals surface area (Å²) in [5, 5.41) is 3.18. The number of amides is 2. The molecule has 21 heavy (non-hydrogen) atoms. The van der Waals surface area contributed by atoms with Crippen LogP contribution in [-0.2, 0) is 22.6 Å². The monoisotopic (exact) mass is 287 g/mol. The first-order valence-electron chi connectivity index (χ1n) is 7.51. The van der Waals surface area contributed by atoms with Crippen molar-refractivity contribution in [2.24, 2.45) is 11.7 Å². The molecular weight excluding hydrogens is 266 g/mol. The quantitative estimate of drug-likeness (QED) is 0.824. The molecule has 1 aliphatic heterocycles. The van der Waals surface area contributed by atoms with Crippen molar-refractivity contribution in [2.45, 2.75) is 31.8 Å². The maximum atomic E-state index is 12.4. The Labute approximate surface area is 124 Å². The molecular formula is C16H21N3O2. The van der Waals surface area contributed by atoms with E-state index in [9.17, 15) is 9.59 Å². The molecule has 1 unspecified atom stereocenters. The molecule has 2 aliphatic rings. The molecule has 3 N–H and O–H groups in total. The van der Waals surface area contributed by atoms with Gasteiger partial charge >= 0.3 is 0 Å². The Morgan fingerprint density at radius 2 is 1.95 bits per heavy atom. The van der Waals surface area contributed by atoms with Gasteiger partial charge in [-0.1, -0.05) is 24.3 Å². The number of benzene rings is 1. The number of hydrogen-bond acceptors (Lipinski definition) is 3.